The number of carbonyl (C=O) groups excluding carboxylic acids is 1. The van der Waals surface area contributed by atoms with Crippen molar-refractivity contribution < 1.29 is 4.79 Å². The fraction of sp³-hybridized carbons (Fsp3) is 0.500. The Morgan fingerprint density at radius 1 is 1.27 bits per heavy atom. The zero-order chi connectivity index (χ0) is 22.8. The largest absolute Gasteiger partial charge is 0.354 e. The lowest BCUT2D eigenvalue weighted by molar-refractivity contribution is 0.0952. The molecule has 0 bridgehead atoms. The third-order valence-corrected chi connectivity index (χ3v) is 8.08. The average molecular weight is 464 g/mol. The number of benzene rings is 1. The molecule has 33 heavy (non-hydrogen) atoms. The zero-order valence-corrected chi connectivity index (χ0v) is 20.4. The minimum Gasteiger partial charge on any atom is -0.354 e. The highest BCUT2D eigenvalue weighted by atomic mass is 32.1. The maximum atomic E-state index is 12.7. The molecule has 1 aromatic carbocycles. The first-order valence-electron chi connectivity index (χ1n) is 12.1. The van der Waals surface area contributed by atoms with Crippen LogP contribution in [0.3, 0.4) is 0 Å². The lowest BCUT2D eigenvalue weighted by Crippen LogP contribution is -2.34. The molecule has 3 N–H and O–H groups in total. The van der Waals surface area contributed by atoms with Gasteiger partial charge >= 0.3 is 0 Å². The second-order valence-electron chi connectivity index (χ2n) is 9.89. The summed E-state index contributed by atoms with van der Waals surface area (Å²) in [6, 6.07) is 8.42. The topological polar surface area (TPSA) is 78.9 Å². The van der Waals surface area contributed by atoms with Gasteiger partial charge in [0.25, 0.3) is 5.91 Å². The molecule has 7 heteroatoms. The summed E-state index contributed by atoms with van der Waals surface area (Å²) in [5.41, 5.74) is 3.18. The summed E-state index contributed by atoms with van der Waals surface area (Å²) in [4.78, 5) is 23.1. The van der Waals surface area contributed by atoms with E-state index in [-0.39, 0.29) is 5.91 Å². The molecule has 0 unspecified atom stereocenters. The Morgan fingerprint density at radius 3 is 2.88 bits per heavy atom. The Hall–Kier alpha value is -2.51. The summed E-state index contributed by atoms with van der Waals surface area (Å²) in [5, 5.41) is 11.0. The van der Waals surface area contributed by atoms with Crippen LogP contribution in [-0.2, 0) is 0 Å². The minimum absolute atomic E-state index is 0.0247. The number of carbonyl (C=O) groups is 1. The molecular formula is C26H33N5OS. The van der Waals surface area contributed by atoms with Gasteiger partial charge in [0.1, 0.15) is 0 Å². The van der Waals surface area contributed by atoms with Crippen LogP contribution in [0, 0.1) is 12.3 Å². The van der Waals surface area contributed by atoms with Crippen LogP contribution in [-0.4, -0.2) is 41.6 Å². The number of aromatic nitrogens is 2. The molecule has 3 heterocycles. The van der Waals surface area contributed by atoms with Gasteiger partial charge in [-0.05, 0) is 87.7 Å². The van der Waals surface area contributed by atoms with Gasteiger partial charge in [0.15, 0.2) is 0 Å². The first-order valence-corrected chi connectivity index (χ1v) is 12.9. The van der Waals surface area contributed by atoms with Crippen molar-refractivity contribution in [1.82, 2.24) is 20.6 Å². The van der Waals surface area contributed by atoms with Gasteiger partial charge in [-0.1, -0.05) is 13.0 Å². The predicted molar refractivity (Wildman–Crippen MR) is 136 cm³/mol. The minimum atomic E-state index is 0.0247. The number of rotatable bonds is 8. The molecule has 2 aromatic heterocycles. The summed E-state index contributed by atoms with van der Waals surface area (Å²) in [7, 11) is 0. The summed E-state index contributed by atoms with van der Waals surface area (Å²) in [6.45, 7) is 7.60. The number of anilines is 1. The number of hydrogen-bond acceptors (Lipinski definition) is 6. The van der Waals surface area contributed by atoms with E-state index in [0.29, 0.717) is 17.4 Å². The van der Waals surface area contributed by atoms with E-state index in [1.165, 1.54) is 19.3 Å². The molecule has 1 saturated heterocycles. The number of aryl methyl sites for hydroxylation is 1. The number of hydrogen-bond donors (Lipinski definition) is 3. The van der Waals surface area contributed by atoms with Crippen LogP contribution in [0.2, 0.25) is 0 Å². The summed E-state index contributed by atoms with van der Waals surface area (Å²) >= 11 is 1.68. The van der Waals surface area contributed by atoms with Crippen molar-refractivity contribution in [1.29, 1.82) is 0 Å². The highest BCUT2D eigenvalue weighted by molar-refractivity contribution is 7.22. The highest BCUT2D eigenvalue weighted by Crippen LogP contribution is 2.36. The number of thiophene rings is 1. The van der Waals surface area contributed by atoms with E-state index in [1.807, 2.05) is 25.3 Å². The molecule has 174 valence electrons. The molecule has 1 aliphatic heterocycles. The van der Waals surface area contributed by atoms with Crippen molar-refractivity contribution in [3.63, 3.8) is 0 Å². The smallest absolute Gasteiger partial charge is 0.252 e. The Kier molecular flexibility index (Phi) is 6.34. The van der Waals surface area contributed by atoms with Crippen LogP contribution in [0.4, 0.5) is 5.95 Å². The maximum absolute atomic E-state index is 12.7. The van der Waals surface area contributed by atoms with Crippen LogP contribution in [0.25, 0.3) is 20.7 Å². The SMILES string of the molecule is Cc1cnc(NCCCC2(C)CCNCC2)nc1-c1cc2c(C(=O)NC3CC3)cccc2s1. The molecule has 1 amide bonds. The molecule has 0 atom stereocenters. The molecule has 1 aliphatic carbocycles. The summed E-state index contributed by atoms with van der Waals surface area (Å²) < 4.78 is 1.11. The van der Waals surface area contributed by atoms with Gasteiger partial charge in [0.2, 0.25) is 5.95 Å². The zero-order valence-electron chi connectivity index (χ0n) is 19.5. The molecular weight excluding hydrogens is 430 g/mol. The van der Waals surface area contributed by atoms with Crippen molar-refractivity contribution in [2.24, 2.45) is 5.41 Å². The van der Waals surface area contributed by atoms with Crippen molar-refractivity contribution in [3.8, 4) is 10.6 Å². The lowest BCUT2D eigenvalue weighted by Gasteiger charge is -2.34. The van der Waals surface area contributed by atoms with E-state index in [4.69, 9.17) is 4.98 Å². The summed E-state index contributed by atoms with van der Waals surface area (Å²) in [6.07, 6.45) is 8.92. The van der Waals surface area contributed by atoms with Gasteiger partial charge in [-0.15, -0.1) is 11.3 Å². The van der Waals surface area contributed by atoms with Crippen LogP contribution in [0.1, 0.15) is 61.4 Å². The van der Waals surface area contributed by atoms with Crippen LogP contribution in [0.15, 0.2) is 30.5 Å². The fourth-order valence-corrected chi connectivity index (χ4v) is 5.78. The van der Waals surface area contributed by atoms with E-state index in [2.05, 4.69) is 40.0 Å². The van der Waals surface area contributed by atoms with E-state index in [1.54, 1.807) is 11.3 Å². The van der Waals surface area contributed by atoms with Gasteiger partial charge in [0.05, 0.1) is 10.6 Å². The summed E-state index contributed by atoms with van der Waals surface area (Å²) in [5.74, 6) is 0.701. The van der Waals surface area contributed by atoms with Crippen molar-refractivity contribution in [2.75, 3.05) is 25.0 Å². The second kappa shape index (κ2) is 9.39. The molecule has 3 aromatic rings. The lowest BCUT2D eigenvalue weighted by atomic mass is 9.77. The molecule has 6 nitrogen and oxygen atoms in total. The Bertz CT molecular complexity index is 1150. The van der Waals surface area contributed by atoms with Crippen LogP contribution in [0.5, 0.6) is 0 Å². The number of fused-ring (bicyclic) bond motifs is 1. The molecule has 2 aliphatic rings. The van der Waals surface area contributed by atoms with E-state index in [0.717, 1.165) is 70.7 Å². The van der Waals surface area contributed by atoms with Gasteiger partial charge < -0.3 is 16.0 Å². The van der Waals surface area contributed by atoms with Crippen LogP contribution >= 0.6 is 11.3 Å². The molecule has 0 spiro atoms. The number of nitrogens with one attached hydrogen (secondary N) is 3. The Labute approximate surface area is 199 Å². The Balaban J connectivity index is 1.30. The van der Waals surface area contributed by atoms with Crippen molar-refractivity contribution in [2.45, 2.75) is 58.4 Å². The van der Waals surface area contributed by atoms with Crippen LogP contribution < -0.4 is 16.0 Å². The van der Waals surface area contributed by atoms with Gasteiger partial charge in [-0.2, -0.15) is 0 Å². The van der Waals surface area contributed by atoms with Gasteiger partial charge in [-0.3, -0.25) is 4.79 Å². The number of nitrogens with zero attached hydrogens (tertiary/aromatic N) is 2. The monoisotopic (exact) mass is 463 g/mol. The van der Waals surface area contributed by atoms with Gasteiger partial charge in [-0.25, -0.2) is 9.97 Å². The normalized spacial score (nSPS) is 17.8. The third-order valence-electron chi connectivity index (χ3n) is 6.97. The van der Waals surface area contributed by atoms with Crippen molar-refractivity contribution >= 4 is 33.3 Å². The third kappa shape index (κ3) is 5.20. The fourth-order valence-electron chi connectivity index (χ4n) is 4.64. The van der Waals surface area contributed by atoms with E-state index >= 15 is 0 Å². The average Bonchev–Trinajstić information content (AvgIpc) is 3.52. The second-order valence-corrected chi connectivity index (χ2v) is 11.0. The highest BCUT2D eigenvalue weighted by Gasteiger charge is 2.26. The quantitative estimate of drug-likeness (QED) is 0.403. The molecule has 0 radical (unpaired) electrons. The Morgan fingerprint density at radius 2 is 2.09 bits per heavy atom. The number of piperidine rings is 1. The van der Waals surface area contributed by atoms with Gasteiger partial charge in [0, 0.05) is 34.4 Å². The first-order chi connectivity index (χ1) is 16.0. The first kappa shape index (κ1) is 22.3. The molecule has 2 fully saturated rings. The molecule has 1 saturated carbocycles. The molecule has 5 rings (SSSR count). The standard InChI is InChI=1S/C26H33N5OS/c1-17-16-29-25(28-12-4-9-26(2)10-13-27-14-11-26)31-23(17)22-15-20-19(5-3-6-21(20)33-22)24(32)30-18-7-8-18/h3,5-6,15-16,18,27H,4,7-14H2,1-2H3,(H,30,32)(H,28,29,31). The predicted octanol–water partition coefficient (Wildman–Crippen LogP) is 5.14. The van der Waals surface area contributed by atoms with Crippen molar-refractivity contribution in [3.05, 3.63) is 41.6 Å². The number of amides is 1. The van der Waals surface area contributed by atoms with E-state index < -0.39 is 0 Å². The van der Waals surface area contributed by atoms with E-state index in [9.17, 15) is 4.79 Å². The maximum Gasteiger partial charge on any atom is 0.252 e.